The number of aromatic nitrogens is 2. The van der Waals surface area contributed by atoms with Crippen LogP contribution in [0.5, 0.6) is 0 Å². The van der Waals surface area contributed by atoms with Gasteiger partial charge in [0.25, 0.3) is 0 Å². The van der Waals surface area contributed by atoms with Gasteiger partial charge in [-0.3, -0.25) is 0 Å². The van der Waals surface area contributed by atoms with Crippen LogP contribution in [0.1, 0.15) is 36.7 Å². The zero-order chi connectivity index (χ0) is 14.8. The molecule has 0 saturated carbocycles. The molecule has 2 N–H and O–H groups in total. The van der Waals surface area contributed by atoms with E-state index in [0.29, 0.717) is 5.92 Å². The van der Waals surface area contributed by atoms with Crippen LogP contribution in [0.15, 0.2) is 36.8 Å². The third kappa shape index (κ3) is 2.98. The Kier molecular flexibility index (Phi) is 4.29. The van der Waals surface area contributed by atoms with Crippen LogP contribution < -0.4 is 5.73 Å². The molecule has 4 nitrogen and oxygen atoms in total. The summed E-state index contributed by atoms with van der Waals surface area (Å²) in [6.07, 6.45) is 4.74. The predicted molar refractivity (Wildman–Crippen MR) is 83.3 cm³/mol. The number of hydrogen-bond acceptors (Lipinski definition) is 3. The van der Waals surface area contributed by atoms with Crippen LogP contribution in [-0.4, -0.2) is 22.8 Å². The Balaban J connectivity index is 1.85. The van der Waals surface area contributed by atoms with E-state index in [4.69, 9.17) is 22.1 Å². The van der Waals surface area contributed by atoms with E-state index in [2.05, 4.69) is 16.5 Å². The molecule has 1 aromatic heterocycles. The molecule has 0 radical (unpaired) electrons. The van der Waals surface area contributed by atoms with Gasteiger partial charge in [0.2, 0.25) is 0 Å². The lowest BCUT2D eigenvalue weighted by Gasteiger charge is -2.23. The fourth-order valence-electron chi connectivity index (χ4n) is 2.88. The number of hydrogen-bond donors (Lipinski definition) is 1. The van der Waals surface area contributed by atoms with Crippen molar-refractivity contribution in [1.82, 2.24) is 9.55 Å². The van der Waals surface area contributed by atoms with E-state index >= 15 is 0 Å². The molecule has 0 spiro atoms. The number of imidazole rings is 1. The van der Waals surface area contributed by atoms with Crippen LogP contribution in [-0.2, 0) is 4.74 Å². The summed E-state index contributed by atoms with van der Waals surface area (Å²) in [6, 6.07) is 8.05. The second-order valence-electron chi connectivity index (χ2n) is 5.60. The van der Waals surface area contributed by atoms with E-state index in [0.717, 1.165) is 30.4 Å². The highest BCUT2D eigenvalue weighted by Crippen LogP contribution is 2.29. The lowest BCUT2D eigenvalue weighted by atomic mass is 9.96. The van der Waals surface area contributed by atoms with Gasteiger partial charge in [-0.2, -0.15) is 0 Å². The molecule has 3 rings (SSSR count). The molecule has 2 aromatic rings. The van der Waals surface area contributed by atoms with Gasteiger partial charge in [-0.15, -0.1) is 0 Å². The third-order valence-electron chi connectivity index (χ3n) is 4.28. The second-order valence-corrected chi connectivity index (χ2v) is 6.04. The highest BCUT2D eigenvalue weighted by atomic mass is 35.5. The zero-order valence-electron chi connectivity index (χ0n) is 12.1. The van der Waals surface area contributed by atoms with E-state index in [1.54, 1.807) is 0 Å². The van der Waals surface area contributed by atoms with Crippen LogP contribution in [0.2, 0.25) is 5.02 Å². The molecule has 1 aliphatic rings. The molecule has 1 aromatic carbocycles. The SMILES string of the molecule is CC(c1ccc(Cl)cc1)n1cncc1C(N)C1CCOC1. The highest BCUT2D eigenvalue weighted by Gasteiger charge is 2.27. The van der Waals surface area contributed by atoms with Crippen molar-refractivity contribution in [3.8, 4) is 0 Å². The minimum atomic E-state index is -0.0373. The minimum absolute atomic E-state index is 0.0373. The molecule has 0 amide bonds. The standard InChI is InChI=1S/C16H20ClN3O/c1-11(12-2-4-14(17)5-3-12)20-10-19-8-15(20)16(18)13-6-7-21-9-13/h2-5,8,10-11,13,16H,6-7,9,18H2,1H3. The number of ether oxygens (including phenoxy) is 1. The first-order chi connectivity index (χ1) is 10.2. The van der Waals surface area contributed by atoms with E-state index < -0.39 is 0 Å². The van der Waals surface area contributed by atoms with Crippen molar-refractivity contribution in [3.63, 3.8) is 0 Å². The summed E-state index contributed by atoms with van der Waals surface area (Å²) in [5.74, 6) is 0.373. The summed E-state index contributed by atoms with van der Waals surface area (Å²) in [6.45, 7) is 3.69. The van der Waals surface area contributed by atoms with Crippen LogP contribution in [0.25, 0.3) is 0 Å². The maximum absolute atomic E-state index is 6.42. The Morgan fingerprint density at radius 3 is 2.81 bits per heavy atom. The van der Waals surface area contributed by atoms with Crippen LogP contribution in [0.4, 0.5) is 0 Å². The molecule has 3 unspecified atom stereocenters. The molecular formula is C16H20ClN3O. The third-order valence-corrected chi connectivity index (χ3v) is 4.53. The van der Waals surface area contributed by atoms with Gasteiger partial charge in [0, 0.05) is 23.7 Å². The molecule has 21 heavy (non-hydrogen) atoms. The molecule has 112 valence electrons. The average molecular weight is 306 g/mol. The smallest absolute Gasteiger partial charge is 0.0954 e. The largest absolute Gasteiger partial charge is 0.381 e. The maximum Gasteiger partial charge on any atom is 0.0954 e. The Labute approximate surface area is 129 Å². The molecule has 3 atom stereocenters. The van der Waals surface area contributed by atoms with Gasteiger partial charge >= 0.3 is 0 Å². The summed E-state index contributed by atoms with van der Waals surface area (Å²) in [4.78, 5) is 4.29. The molecule has 1 fully saturated rings. The maximum atomic E-state index is 6.42. The number of nitrogens with two attached hydrogens (primary N) is 1. The molecule has 2 heterocycles. The van der Waals surface area contributed by atoms with E-state index in [1.807, 2.05) is 36.8 Å². The average Bonchev–Trinajstić information content (AvgIpc) is 3.18. The quantitative estimate of drug-likeness (QED) is 0.944. The molecule has 0 bridgehead atoms. The van der Waals surface area contributed by atoms with Crippen molar-refractivity contribution in [2.75, 3.05) is 13.2 Å². The van der Waals surface area contributed by atoms with Crippen molar-refractivity contribution >= 4 is 11.6 Å². The van der Waals surface area contributed by atoms with Gasteiger partial charge in [0.1, 0.15) is 0 Å². The Bertz CT molecular complexity index is 590. The summed E-state index contributed by atoms with van der Waals surface area (Å²) in [5.41, 5.74) is 8.67. The van der Waals surface area contributed by atoms with Crippen LogP contribution in [0.3, 0.4) is 0 Å². The Morgan fingerprint density at radius 1 is 1.38 bits per heavy atom. The van der Waals surface area contributed by atoms with Crippen molar-refractivity contribution in [2.24, 2.45) is 11.7 Å². The van der Waals surface area contributed by atoms with Crippen LogP contribution in [0, 0.1) is 5.92 Å². The van der Waals surface area contributed by atoms with E-state index in [9.17, 15) is 0 Å². The number of rotatable bonds is 4. The lowest BCUT2D eigenvalue weighted by Crippen LogP contribution is -2.25. The van der Waals surface area contributed by atoms with Crippen molar-refractivity contribution in [2.45, 2.75) is 25.4 Å². The van der Waals surface area contributed by atoms with Gasteiger partial charge < -0.3 is 15.0 Å². The zero-order valence-corrected chi connectivity index (χ0v) is 12.8. The molecule has 0 aliphatic carbocycles. The Hall–Kier alpha value is -1.36. The monoisotopic (exact) mass is 305 g/mol. The topological polar surface area (TPSA) is 53.1 Å². The summed E-state index contributed by atoms with van der Waals surface area (Å²) in [7, 11) is 0. The summed E-state index contributed by atoms with van der Waals surface area (Å²) in [5, 5.41) is 0.747. The van der Waals surface area contributed by atoms with Gasteiger partial charge in [0.15, 0.2) is 0 Å². The molecule has 1 aliphatic heterocycles. The van der Waals surface area contributed by atoms with Crippen LogP contribution >= 0.6 is 11.6 Å². The van der Waals surface area contributed by atoms with Gasteiger partial charge in [-0.25, -0.2) is 4.98 Å². The normalized spacial score (nSPS) is 21.4. The predicted octanol–water partition coefficient (Wildman–Crippen LogP) is 3.18. The molecule has 1 saturated heterocycles. The van der Waals surface area contributed by atoms with E-state index in [-0.39, 0.29) is 12.1 Å². The van der Waals surface area contributed by atoms with Gasteiger partial charge in [0.05, 0.1) is 30.7 Å². The number of nitrogens with zero attached hydrogens (tertiary/aromatic N) is 2. The number of benzene rings is 1. The van der Waals surface area contributed by atoms with Gasteiger partial charge in [-0.05, 0) is 31.0 Å². The fraction of sp³-hybridized carbons (Fsp3) is 0.438. The first-order valence-electron chi connectivity index (χ1n) is 7.27. The highest BCUT2D eigenvalue weighted by molar-refractivity contribution is 6.30. The second kappa shape index (κ2) is 6.18. The molecule has 5 heteroatoms. The Morgan fingerprint density at radius 2 is 2.14 bits per heavy atom. The minimum Gasteiger partial charge on any atom is -0.381 e. The number of halogens is 1. The van der Waals surface area contributed by atoms with Crippen molar-refractivity contribution in [3.05, 3.63) is 53.1 Å². The van der Waals surface area contributed by atoms with Crippen molar-refractivity contribution in [1.29, 1.82) is 0 Å². The van der Waals surface area contributed by atoms with E-state index in [1.165, 1.54) is 5.56 Å². The summed E-state index contributed by atoms with van der Waals surface area (Å²) >= 11 is 5.96. The van der Waals surface area contributed by atoms with Crippen molar-refractivity contribution < 1.29 is 4.74 Å². The molecular weight excluding hydrogens is 286 g/mol. The first kappa shape index (κ1) is 14.6. The first-order valence-corrected chi connectivity index (χ1v) is 7.65. The lowest BCUT2D eigenvalue weighted by molar-refractivity contribution is 0.180. The van der Waals surface area contributed by atoms with Gasteiger partial charge in [-0.1, -0.05) is 23.7 Å². The fourth-order valence-corrected chi connectivity index (χ4v) is 3.00. The summed E-state index contributed by atoms with van der Waals surface area (Å²) < 4.78 is 7.60.